The SMILES string of the molecule is O=C(NCC1CCCCS1)c1cccc(O)c1. The second kappa shape index (κ2) is 5.96. The van der Waals surface area contributed by atoms with E-state index in [0.29, 0.717) is 10.8 Å². The van der Waals surface area contributed by atoms with Gasteiger partial charge in [-0.05, 0) is 36.8 Å². The molecule has 1 aliphatic rings. The molecular weight excluding hydrogens is 234 g/mol. The highest BCUT2D eigenvalue weighted by Crippen LogP contribution is 2.24. The molecule has 0 aromatic heterocycles. The van der Waals surface area contributed by atoms with Crippen molar-refractivity contribution in [2.45, 2.75) is 24.5 Å². The van der Waals surface area contributed by atoms with Crippen molar-refractivity contribution in [2.75, 3.05) is 12.3 Å². The van der Waals surface area contributed by atoms with Crippen LogP contribution in [0.3, 0.4) is 0 Å². The fraction of sp³-hybridized carbons (Fsp3) is 0.462. The molecule has 1 saturated heterocycles. The molecule has 1 heterocycles. The maximum absolute atomic E-state index is 11.8. The van der Waals surface area contributed by atoms with Gasteiger partial charge in [-0.2, -0.15) is 11.8 Å². The van der Waals surface area contributed by atoms with E-state index in [1.807, 2.05) is 11.8 Å². The number of phenolic OH excluding ortho intramolecular Hbond substituents is 1. The van der Waals surface area contributed by atoms with Gasteiger partial charge < -0.3 is 10.4 Å². The van der Waals surface area contributed by atoms with Gasteiger partial charge in [0.25, 0.3) is 5.91 Å². The average molecular weight is 251 g/mol. The molecule has 1 atom stereocenters. The third kappa shape index (κ3) is 3.66. The van der Waals surface area contributed by atoms with E-state index in [4.69, 9.17) is 0 Å². The van der Waals surface area contributed by atoms with Crippen molar-refractivity contribution in [3.8, 4) is 5.75 Å². The molecule has 0 spiro atoms. The van der Waals surface area contributed by atoms with Crippen LogP contribution in [0.5, 0.6) is 5.75 Å². The van der Waals surface area contributed by atoms with Crippen molar-refractivity contribution < 1.29 is 9.90 Å². The number of carbonyl (C=O) groups is 1. The number of benzene rings is 1. The highest BCUT2D eigenvalue weighted by molar-refractivity contribution is 7.99. The van der Waals surface area contributed by atoms with Crippen LogP contribution < -0.4 is 5.32 Å². The Bertz CT molecular complexity index is 389. The number of carbonyl (C=O) groups excluding carboxylic acids is 1. The minimum absolute atomic E-state index is 0.105. The van der Waals surface area contributed by atoms with E-state index in [-0.39, 0.29) is 11.7 Å². The first-order chi connectivity index (χ1) is 8.25. The van der Waals surface area contributed by atoms with Crippen LogP contribution in [0, 0.1) is 0 Å². The van der Waals surface area contributed by atoms with Crippen LogP contribution >= 0.6 is 11.8 Å². The van der Waals surface area contributed by atoms with Gasteiger partial charge in [0.1, 0.15) is 5.75 Å². The second-order valence-corrected chi connectivity index (χ2v) is 5.66. The van der Waals surface area contributed by atoms with Gasteiger partial charge in [0, 0.05) is 17.4 Å². The van der Waals surface area contributed by atoms with Crippen LogP contribution in [0.15, 0.2) is 24.3 Å². The van der Waals surface area contributed by atoms with E-state index in [2.05, 4.69) is 5.32 Å². The van der Waals surface area contributed by atoms with E-state index in [0.717, 1.165) is 6.54 Å². The Hall–Kier alpha value is -1.16. The van der Waals surface area contributed by atoms with Gasteiger partial charge >= 0.3 is 0 Å². The zero-order valence-electron chi connectivity index (χ0n) is 9.69. The Morgan fingerprint density at radius 1 is 1.47 bits per heavy atom. The monoisotopic (exact) mass is 251 g/mol. The van der Waals surface area contributed by atoms with E-state index in [1.54, 1.807) is 18.2 Å². The number of amides is 1. The maximum Gasteiger partial charge on any atom is 0.251 e. The third-order valence-electron chi connectivity index (χ3n) is 2.87. The number of thioether (sulfide) groups is 1. The molecule has 1 fully saturated rings. The third-order valence-corrected chi connectivity index (χ3v) is 4.27. The van der Waals surface area contributed by atoms with Gasteiger partial charge in [-0.1, -0.05) is 12.5 Å². The van der Waals surface area contributed by atoms with Crippen molar-refractivity contribution in [3.05, 3.63) is 29.8 Å². The zero-order chi connectivity index (χ0) is 12.1. The van der Waals surface area contributed by atoms with Crippen LogP contribution in [0.1, 0.15) is 29.6 Å². The molecule has 0 aliphatic carbocycles. The molecule has 17 heavy (non-hydrogen) atoms. The summed E-state index contributed by atoms with van der Waals surface area (Å²) in [5.41, 5.74) is 0.519. The molecule has 1 unspecified atom stereocenters. The van der Waals surface area contributed by atoms with Crippen LogP contribution in [0.2, 0.25) is 0 Å². The summed E-state index contributed by atoms with van der Waals surface area (Å²) in [5.74, 6) is 1.23. The molecule has 1 aliphatic heterocycles. The smallest absolute Gasteiger partial charge is 0.251 e. The van der Waals surface area contributed by atoms with E-state index < -0.39 is 0 Å². The Morgan fingerprint density at radius 2 is 2.35 bits per heavy atom. The van der Waals surface area contributed by atoms with Crippen molar-refractivity contribution in [1.82, 2.24) is 5.32 Å². The number of hydrogen-bond donors (Lipinski definition) is 2. The quantitative estimate of drug-likeness (QED) is 0.867. The highest BCUT2D eigenvalue weighted by Gasteiger charge is 2.15. The summed E-state index contributed by atoms with van der Waals surface area (Å²) in [4.78, 5) is 11.8. The van der Waals surface area contributed by atoms with Gasteiger partial charge in [0.15, 0.2) is 0 Å². The molecule has 92 valence electrons. The molecule has 1 amide bonds. The maximum atomic E-state index is 11.8. The number of hydrogen-bond acceptors (Lipinski definition) is 3. The molecule has 1 aromatic rings. The summed E-state index contributed by atoms with van der Waals surface area (Å²) in [6.07, 6.45) is 3.74. The average Bonchev–Trinajstić information content (AvgIpc) is 2.37. The number of nitrogens with one attached hydrogen (secondary N) is 1. The first-order valence-corrected chi connectivity index (χ1v) is 6.99. The molecule has 0 bridgehead atoms. The lowest BCUT2D eigenvalue weighted by molar-refractivity contribution is 0.0953. The first-order valence-electron chi connectivity index (χ1n) is 5.94. The lowest BCUT2D eigenvalue weighted by Crippen LogP contribution is -2.31. The standard InChI is InChI=1S/C13H17NO2S/c15-11-5-3-4-10(8-11)13(16)14-9-12-6-1-2-7-17-12/h3-5,8,12,15H,1-2,6-7,9H2,(H,14,16). The van der Waals surface area contributed by atoms with Crippen molar-refractivity contribution in [1.29, 1.82) is 0 Å². The Morgan fingerprint density at radius 3 is 3.06 bits per heavy atom. The molecule has 2 rings (SSSR count). The fourth-order valence-corrected chi connectivity index (χ4v) is 3.16. The van der Waals surface area contributed by atoms with Gasteiger partial charge in [0.2, 0.25) is 0 Å². The molecule has 4 heteroatoms. The van der Waals surface area contributed by atoms with Gasteiger partial charge in [-0.3, -0.25) is 4.79 Å². The molecule has 1 aromatic carbocycles. The highest BCUT2D eigenvalue weighted by atomic mass is 32.2. The summed E-state index contributed by atoms with van der Waals surface area (Å²) >= 11 is 1.94. The van der Waals surface area contributed by atoms with Gasteiger partial charge in [-0.15, -0.1) is 0 Å². The van der Waals surface area contributed by atoms with Crippen molar-refractivity contribution in [3.63, 3.8) is 0 Å². The summed E-state index contributed by atoms with van der Waals surface area (Å²) < 4.78 is 0. The largest absolute Gasteiger partial charge is 0.508 e. The van der Waals surface area contributed by atoms with E-state index in [9.17, 15) is 9.90 Å². The Balaban J connectivity index is 1.84. The predicted molar refractivity (Wildman–Crippen MR) is 70.5 cm³/mol. The summed E-state index contributed by atoms with van der Waals surface area (Å²) in [6, 6.07) is 6.44. The van der Waals surface area contributed by atoms with Crippen LogP contribution in [-0.2, 0) is 0 Å². The first kappa shape index (κ1) is 12.3. The second-order valence-electron chi connectivity index (χ2n) is 4.25. The molecule has 0 radical (unpaired) electrons. The number of aromatic hydroxyl groups is 1. The Kier molecular flexibility index (Phi) is 4.31. The molecule has 2 N–H and O–H groups in total. The molecule has 3 nitrogen and oxygen atoms in total. The van der Waals surface area contributed by atoms with Crippen molar-refractivity contribution in [2.24, 2.45) is 0 Å². The van der Waals surface area contributed by atoms with Gasteiger partial charge in [0.05, 0.1) is 0 Å². The molecular formula is C13H17NO2S. The lowest BCUT2D eigenvalue weighted by atomic mass is 10.1. The minimum Gasteiger partial charge on any atom is -0.508 e. The number of rotatable bonds is 3. The topological polar surface area (TPSA) is 49.3 Å². The summed E-state index contributed by atoms with van der Waals surface area (Å²) in [6.45, 7) is 0.721. The van der Waals surface area contributed by atoms with E-state index >= 15 is 0 Å². The lowest BCUT2D eigenvalue weighted by Gasteiger charge is -2.21. The van der Waals surface area contributed by atoms with Crippen LogP contribution in [0.25, 0.3) is 0 Å². The summed E-state index contributed by atoms with van der Waals surface area (Å²) in [7, 11) is 0. The zero-order valence-corrected chi connectivity index (χ0v) is 10.5. The van der Waals surface area contributed by atoms with Crippen LogP contribution in [0.4, 0.5) is 0 Å². The number of phenols is 1. The van der Waals surface area contributed by atoms with Crippen molar-refractivity contribution >= 4 is 17.7 Å². The summed E-state index contributed by atoms with van der Waals surface area (Å²) in [5, 5.41) is 12.8. The fourth-order valence-electron chi connectivity index (χ4n) is 1.92. The Labute approximate surface area is 106 Å². The predicted octanol–water partition coefficient (Wildman–Crippen LogP) is 2.41. The van der Waals surface area contributed by atoms with E-state index in [1.165, 1.54) is 31.1 Å². The molecule has 0 saturated carbocycles. The van der Waals surface area contributed by atoms with Gasteiger partial charge in [-0.25, -0.2) is 0 Å². The normalized spacial score (nSPS) is 19.9. The van der Waals surface area contributed by atoms with Crippen LogP contribution in [-0.4, -0.2) is 28.6 Å². The minimum atomic E-state index is -0.105.